The van der Waals surface area contributed by atoms with Crippen LogP contribution in [-0.2, 0) is 33.3 Å². The Morgan fingerprint density at radius 1 is 0.392 bits per heavy atom. The smallest absolute Gasteiger partial charge is 0.361 e. The number of carbonyl (C=O) groups excluding carboxylic acids is 2. The number of carbonyl (C=O) groups is 3. The van der Waals surface area contributed by atoms with E-state index in [0.29, 0.717) is 17.4 Å². The van der Waals surface area contributed by atoms with Crippen LogP contribution >= 0.6 is 0 Å². The van der Waals surface area contributed by atoms with E-state index in [2.05, 4.69) is 148 Å². The summed E-state index contributed by atoms with van der Waals surface area (Å²) in [6, 6.07) is 0. The summed E-state index contributed by atoms with van der Waals surface area (Å²) in [5.74, 6) is -2.03. The first-order valence-electron chi connectivity index (χ1n) is 31.3. The van der Waals surface area contributed by atoms with E-state index in [9.17, 15) is 19.5 Å². The lowest BCUT2D eigenvalue weighted by atomic mass is 10.0. The molecule has 0 aliphatic carbocycles. The van der Waals surface area contributed by atoms with Crippen molar-refractivity contribution in [1.29, 1.82) is 0 Å². The van der Waals surface area contributed by atoms with Crippen LogP contribution in [0.4, 0.5) is 0 Å². The van der Waals surface area contributed by atoms with Crippen molar-refractivity contribution in [2.24, 2.45) is 0 Å². The monoisotopic (exact) mass is 1100 g/mol. The van der Waals surface area contributed by atoms with E-state index in [1.54, 1.807) is 0 Å². The van der Waals surface area contributed by atoms with Gasteiger partial charge in [-0.2, -0.15) is 0 Å². The molecule has 0 bridgehead atoms. The summed E-state index contributed by atoms with van der Waals surface area (Å²) < 4.78 is 22.8. The van der Waals surface area contributed by atoms with Crippen molar-refractivity contribution in [2.45, 2.75) is 245 Å². The molecular weight excluding hydrogens is 983 g/mol. The number of nitrogens with zero attached hydrogens (tertiary/aromatic N) is 1. The number of carboxylic acid groups (broad SMARTS) is 1. The number of aliphatic carboxylic acids is 1. The molecule has 0 aromatic rings. The van der Waals surface area contributed by atoms with Crippen molar-refractivity contribution in [3.63, 3.8) is 0 Å². The molecule has 0 fully saturated rings. The molecule has 9 heteroatoms. The number of likely N-dealkylation sites (N-methyl/N-ethyl adjacent to an activating group) is 1. The van der Waals surface area contributed by atoms with E-state index in [4.69, 9.17) is 18.9 Å². The van der Waals surface area contributed by atoms with Crippen LogP contribution in [0.5, 0.6) is 0 Å². The van der Waals surface area contributed by atoms with Gasteiger partial charge in [0.25, 0.3) is 6.29 Å². The molecule has 1 N–H and O–H groups in total. The minimum absolute atomic E-state index is 0.180. The van der Waals surface area contributed by atoms with Crippen molar-refractivity contribution in [3.8, 4) is 0 Å². The normalized spacial score (nSPS) is 13.7. The van der Waals surface area contributed by atoms with Crippen LogP contribution in [0.2, 0.25) is 0 Å². The molecule has 0 rings (SSSR count). The molecular formula is C70H116NO8+. The Balaban J connectivity index is 4.12. The third kappa shape index (κ3) is 60.9. The van der Waals surface area contributed by atoms with Gasteiger partial charge in [0.1, 0.15) is 13.2 Å². The quantitative estimate of drug-likeness (QED) is 0.0211. The average Bonchev–Trinajstić information content (AvgIpc) is 3.42. The number of unbranched alkanes of at least 4 members (excludes halogenated alkanes) is 19. The molecule has 0 saturated carbocycles. The fourth-order valence-electron chi connectivity index (χ4n) is 8.09. The van der Waals surface area contributed by atoms with Gasteiger partial charge in [0.2, 0.25) is 0 Å². The second-order valence-corrected chi connectivity index (χ2v) is 21.6. The molecule has 0 aromatic heterocycles. The highest BCUT2D eigenvalue weighted by Gasteiger charge is 2.25. The fourth-order valence-corrected chi connectivity index (χ4v) is 8.09. The summed E-state index contributed by atoms with van der Waals surface area (Å²) in [6.07, 6.45) is 82.6. The van der Waals surface area contributed by atoms with Gasteiger partial charge in [0.15, 0.2) is 6.10 Å². The third-order valence-electron chi connectivity index (χ3n) is 12.9. The molecule has 0 aliphatic rings. The third-order valence-corrected chi connectivity index (χ3v) is 12.9. The lowest BCUT2D eigenvalue weighted by molar-refractivity contribution is -0.870. The van der Waals surface area contributed by atoms with Crippen molar-refractivity contribution in [3.05, 3.63) is 134 Å². The second-order valence-electron chi connectivity index (χ2n) is 21.6. The summed E-state index contributed by atoms with van der Waals surface area (Å²) in [6.45, 7) is 4.72. The molecule has 79 heavy (non-hydrogen) atoms. The topological polar surface area (TPSA) is 108 Å². The summed E-state index contributed by atoms with van der Waals surface area (Å²) in [4.78, 5) is 37.4. The van der Waals surface area contributed by atoms with Crippen LogP contribution in [0, 0.1) is 0 Å². The van der Waals surface area contributed by atoms with Gasteiger partial charge in [0.05, 0.1) is 34.4 Å². The van der Waals surface area contributed by atoms with Crippen LogP contribution in [0.3, 0.4) is 0 Å². The molecule has 0 amide bonds. The summed E-state index contributed by atoms with van der Waals surface area (Å²) in [7, 11) is 5.95. The van der Waals surface area contributed by atoms with Crippen LogP contribution < -0.4 is 0 Å². The molecule has 0 aromatic carbocycles. The van der Waals surface area contributed by atoms with E-state index in [1.165, 1.54) is 70.6 Å². The number of hydrogen-bond acceptors (Lipinski definition) is 7. The molecule has 0 spiro atoms. The Morgan fingerprint density at radius 2 is 0.722 bits per heavy atom. The number of allylic oxidation sites excluding steroid dienone is 22. The predicted octanol–water partition coefficient (Wildman–Crippen LogP) is 19.0. The van der Waals surface area contributed by atoms with Crippen LogP contribution in [0.15, 0.2) is 134 Å². The molecule has 0 saturated heterocycles. The minimum atomic E-state index is -1.52. The molecule has 0 radical (unpaired) electrons. The Hall–Kier alpha value is -4.57. The maximum absolute atomic E-state index is 12.9. The van der Waals surface area contributed by atoms with Gasteiger partial charge >= 0.3 is 17.9 Å². The van der Waals surface area contributed by atoms with Crippen molar-refractivity contribution < 1.29 is 42.9 Å². The Bertz CT molecular complexity index is 1750. The Labute approximate surface area is 484 Å². The van der Waals surface area contributed by atoms with Gasteiger partial charge in [-0.15, -0.1) is 0 Å². The van der Waals surface area contributed by atoms with Crippen molar-refractivity contribution in [1.82, 2.24) is 0 Å². The van der Waals surface area contributed by atoms with Crippen molar-refractivity contribution >= 4 is 17.9 Å². The van der Waals surface area contributed by atoms with Gasteiger partial charge in [-0.1, -0.05) is 237 Å². The number of ether oxygens (including phenoxy) is 4. The zero-order valence-corrected chi connectivity index (χ0v) is 51.0. The highest BCUT2D eigenvalue weighted by molar-refractivity contribution is 5.71. The van der Waals surface area contributed by atoms with E-state index in [1.807, 2.05) is 21.1 Å². The zero-order chi connectivity index (χ0) is 57.6. The Morgan fingerprint density at radius 3 is 1.09 bits per heavy atom. The SMILES string of the molecule is CC/C=C\C/C=C\C/C=C\C/C=C\C/C=C\C/C=C\C/C=C\C/C=C\C/C=C\C/C=C\CCCCCCCCCCCCC(=O)OC(COC(=O)CCCCCCC/C=C\CCCCCC)COC(OCC[N+](C)(C)C)C(=O)O. The lowest BCUT2D eigenvalue weighted by Gasteiger charge is -2.25. The first-order chi connectivity index (χ1) is 38.6. The van der Waals surface area contributed by atoms with Gasteiger partial charge in [-0.25, -0.2) is 4.79 Å². The molecule has 0 aliphatic heterocycles. The van der Waals surface area contributed by atoms with Gasteiger partial charge in [-0.3, -0.25) is 9.59 Å². The van der Waals surface area contributed by atoms with E-state index in [0.717, 1.165) is 128 Å². The highest BCUT2D eigenvalue weighted by atomic mass is 16.7. The number of rotatable bonds is 56. The molecule has 2 unspecified atom stereocenters. The van der Waals surface area contributed by atoms with E-state index < -0.39 is 24.3 Å². The largest absolute Gasteiger partial charge is 0.477 e. The van der Waals surface area contributed by atoms with Gasteiger partial charge in [0, 0.05) is 12.8 Å². The lowest BCUT2D eigenvalue weighted by Crippen LogP contribution is -2.40. The minimum Gasteiger partial charge on any atom is -0.477 e. The van der Waals surface area contributed by atoms with Crippen molar-refractivity contribution in [2.75, 3.05) is 47.5 Å². The second kappa shape index (κ2) is 59.5. The molecule has 448 valence electrons. The summed E-state index contributed by atoms with van der Waals surface area (Å²) >= 11 is 0. The first kappa shape index (κ1) is 74.4. The maximum Gasteiger partial charge on any atom is 0.361 e. The number of hydrogen-bond donors (Lipinski definition) is 1. The highest BCUT2D eigenvalue weighted by Crippen LogP contribution is 2.15. The van der Waals surface area contributed by atoms with E-state index >= 15 is 0 Å². The number of carboxylic acids is 1. The Kier molecular flexibility index (Phi) is 56.1. The molecule has 2 atom stereocenters. The molecule has 9 nitrogen and oxygen atoms in total. The average molecular weight is 1100 g/mol. The fraction of sp³-hybridized carbons (Fsp3) is 0.643. The maximum atomic E-state index is 12.9. The number of esters is 2. The van der Waals surface area contributed by atoms with Crippen LogP contribution in [0.25, 0.3) is 0 Å². The van der Waals surface area contributed by atoms with Crippen LogP contribution in [-0.4, -0.2) is 87.4 Å². The van der Waals surface area contributed by atoms with E-state index in [-0.39, 0.29) is 38.6 Å². The first-order valence-corrected chi connectivity index (χ1v) is 31.3. The predicted molar refractivity (Wildman–Crippen MR) is 336 cm³/mol. The number of quaternary nitrogens is 1. The standard InChI is InChI=1S/C70H115NO8/c1-6-8-10-12-14-16-18-20-21-22-23-24-25-26-27-28-29-30-31-32-33-34-35-36-37-38-39-40-41-42-43-44-45-46-47-49-51-53-55-57-59-61-68(73)79-66(65-78-70(69(74)75)76-63-62-71(3,4)5)64-77-67(72)60-58-56-54-52-50-48-19-17-15-13-11-9-7-2/h8,10,14,16-17,19-21,23-24,26-27,29-30,32-33,35-36,38-39,41-42,66,70H,6-7,9,11-13,15,18,22,25,28,31,34,37,40,43-65H2,1-5H3/p+1/b10-8-,16-14-,19-17-,21-20-,24-23-,27-26-,30-29-,33-32-,36-35-,39-38-,42-41-. The molecule has 0 heterocycles. The van der Waals surface area contributed by atoms with Gasteiger partial charge < -0.3 is 28.5 Å². The zero-order valence-electron chi connectivity index (χ0n) is 51.0. The van der Waals surface area contributed by atoms with Gasteiger partial charge in [-0.05, 0) is 116 Å². The van der Waals surface area contributed by atoms with Crippen LogP contribution in [0.1, 0.15) is 232 Å². The summed E-state index contributed by atoms with van der Waals surface area (Å²) in [5.41, 5.74) is 0. The summed E-state index contributed by atoms with van der Waals surface area (Å²) in [5, 5.41) is 9.69.